The van der Waals surface area contributed by atoms with Crippen molar-refractivity contribution in [3.8, 4) is 11.5 Å². The summed E-state index contributed by atoms with van der Waals surface area (Å²) in [5, 5.41) is 5.81. The van der Waals surface area contributed by atoms with Crippen molar-refractivity contribution in [3.63, 3.8) is 0 Å². The van der Waals surface area contributed by atoms with Gasteiger partial charge in [-0.25, -0.2) is 0 Å². The zero-order valence-corrected chi connectivity index (χ0v) is 18.7. The summed E-state index contributed by atoms with van der Waals surface area (Å²) in [6.45, 7) is 6.88. The topological polar surface area (TPSA) is 68.8 Å². The van der Waals surface area contributed by atoms with Crippen molar-refractivity contribution < 1.29 is 19.0 Å². The van der Waals surface area contributed by atoms with E-state index in [0.29, 0.717) is 42.6 Å². The minimum absolute atomic E-state index is 0.162. The molecule has 0 bridgehead atoms. The summed E-state index contributed by atoms with van der Waals surface area (Å²) in [5.41, 5.74) is 1.97. The number of hydrogen-bond acceptors (Lipinski definition) is 5. The van der Waals surface area contributed by atoms with Gasteiger partial charge in [0.2, 0.25) is 0 Å². The Bertz CT molecular complexity index is 889. The number of ether oxygens (including phenoxy) is 3. The van der Waals surface area contributed by atoms with Crippen molar-refractivity contribution in [1.29, 1.82) is 0 Å². The van der Waals surface area contributed by atoms with Gasteiger partial charge in [-0.05, 0) is 55.0 Å². The van der Waals surface area contributed by atoms with Crippen LogP contribution in [0.15, 0.2) is 59.1 Å². The van der Waals surface area contributed by atoms with Gasteiger partial charge in [-0.1, -0.05) is 28.6 Å². The summed E-state index contributed by atoms with van der Waals surface area (Å²) in [5.74, 6) is 0.736. The molecule has 2 aromatic carbocycles. The Morgan fingerprint density at radius 3 is 2.69 bits per heavy atom. The predicted molar refractivity (Wildman–Crippen MR) is 122 cm³/mol. The monoisotopic (exact) mass is 478 g/mol. The molecule has 0 spiro atoms. The Labute approximate surface area is 184 Å². The van der Waals surface area contributed by atoms with E-state index >= 15 is 0 Å². The van der Waals surface area contributed by atoms with Crippen molar-refractivity contribution >= 4 is 44.9 Å². The third-order valence-corrected chi connectivity index (χ3v) is 4.23. The van der Waals surface area contributed by atoms with Crippen LogP contribution in [0.4, 0.5) is 5.69 Å². The summed E-state index contributed by atoms with van der Waals surface area (Å²) in [7, 11) is 1.58. The summed E-state index contributed by atoms with van der Waals surface area (Å²) < 4.78 is 17.0. The molecule has 1 amide bonds. The minimum Gasteiger partial charge on any atom is -0.490 e. The second-order valence-corrected chi connectivity index (χ2v) is 7.49. The van der Waals surface area contributed by atoms with Crippen LogP contribution in [0.25, 0.3) is 0 Å². The lowest BCUT2D eigenvalue weighted by atomic mass is 10.2. The molecule has 0 saturated heterocycles. The summed E-state index contributed by atoms with van der Waals surface area (Å²) in [4.78, 5) is 12.7. The van der Waals surface area contributed by atoms with Crippen molar-refractivity contribution in [2.24, 2.45) is 0 Å². The van der Waals surface area contributed by atoms with E-state index in [1.165, 1.54) is 0 Å². The van der Waals surface area contributed by atoms with Crippen molar-refractivity contribution in [2.45, 2.75) is 6.92 Å². The van der Waals surface area contributed by atoms with Crippen LogP contribution in [0.2, 0.25) is 0 Å². The number of anilines is 1. The van der Waals surface area contributed by atoms with Crippen molar-refractivity contribution in [1.82, 2.24) is 5.32 Å². The van der Waals surface area contributed by atoms with Crippen LogP contribution in [-0.2, 0) is 4.74 Å². The van der Waals surface area contributed by atoms with Gasteiger partial charge in [-0.2, -0.15) is 0 Å². The molecule has 6 nitrogen and oxygen atoms in total. The lowest BCUT2D eigenvalue weighted by Crippen LogP contribution is -2.34. The smallest absolute Gasteiger partial charge is 0.261 e. The van der Waals surface area contributed by atoms with Crippen LogP contribution in [0.3, 0.4) is 0 Å². The van der Waals surface area contributed by atoms with Gasteiger partial charge in [-0.3, -0.25) is 10.1 Å². The average molecular weight is 479 g/mol. The van der Waals surface area contributed by atoms with E-state index in [-0.39, 0.29) is 11.0 Å². The first-order chi connectivity index (χ1) is 13.9. The molecule has 0 atom stereocenters. The van der Waals surface area contributed by atoms with Crippen molar-refractivity contribution in [2.75, 3.05) is 32.2 Å². The second-order valence-electron chi connectivity index (χ2n) is 6.16. The first-order valence-corrected chi connectivity index (χ1v) is 10.00. The fourth-order valence-corrected chi connectivity index (χ4v) is 2.82. The largest absolute Gasteiger partial charge is 0.490 e. The Balaban J connectivity index is 2.02. The van der Waals surface area contributed by atoms with Crippen LogP contribution in [0, 0.1) is 0 Å². The Morgan fingerprint density at radius 2 is 1.97 bits per heavy atom. The zero-order chi connectivity index (χ0) is 21.2. The number of rotatable bonds is 9. The maximum atomic E-state index is 12.7. The summed E-state index contributed by atoms with van der Waals surface area (Å²) in [6, 6.07) is 12.5. The summed E-state index contributed by atoms with van der Waals surface area (Å²) in [6.07, 6.45) is 0. The minimum atomic E-state index is -0.383. The number of hydrogen-bond donors (Lipinski definition) is 2. The lowest BCUT2D eigenvalue weighted by molar-refractivity contribution is 0.0969. The third kappa shape index (κ3) is 7.84. The molecule has 2 N–H and O–H groups in total. The van der Waals surface area contributed by atoms with Crippen molar-refractivity contribution in [3.05, 3.63) is 64.7 Å². The maximum Gasteiger partial charge on any atom is 0.261 e. The number of benzene rings is 2. The van der Waals surface area contributed by atoms with Crippen LogP contribution < -0.4 is 20.1 Å². The molecule has 29 heavy (non-hydrogen) atoms. The number of halogens is 1. The van der Waals surface area contributed by atoms with E-state index in [4.69, 9.17) is 26.4 Å². The SMILES string of the molecule is C=C(C)COc1cccc(NC(=S)NC(=O)c2cc(Br)ccc2OCCOC)c1. The van der Waals surface area contributed by atoms with Crippen LogP contribution >= 0.6 is 28.1 Å². The molecule has 0 unspecified atom stereocenters. The molecule has 0 fully saturated rings. The number of nitrogens with one attached hydrogen (secondary N) is 2. The maximum absolute atomic E-state index is 12.7. The Hall–Kier alpha value is -2.42. The van der Waals surface area contributed by atoms with Gasteiger partial charge in [0.25, 0.3) is 5.91 Å². The van der Waals surface area contributed by atoms with Gasteiger partial charge >= 0.3 is 0 Å². The van der Waals surface area contributed by atoms with Crippen LogP contribution in [0.5, 0.6) is 11.5 Å². The molecule has 2 rings (SSSR count). The van der Waals surface area contributed by atoms with E-state index in [1.807, 2.05) is 25.1 Å². The molecule has 0 heterocycles. The molecule has 0 aliphatic carbocycles. The summed E-state index contributed by atoms with van der Waals surface area (Å²) >= 11 is 8.64. The van der Waals surface area contributed by atoms with Gasteiger partial charge in [0.1, 0.15) is 24.7 Å². The van der Waals surface area contributed by atoms with Crippen LogP contribution in [0.1, 0.15) is 17.3 Å². The first kappa shape index (κ1) is 22.9. The van der Waals surface area contributed by atoms with E-state index in [2.05, 4.69) is 33.1 Å². The average Bonchev–Trinajstić information content (AvgIpc) is 2.67. The van der Waals surface area contributed by atoms with Gasteiger partial charge in [0.15, 0.2) is 5.11 Å². The standard InChI is InChI=1S/C21H23BrN2O4S/c1-14(2)13-28-17-6-4-5-16(12-17)23-21(29)24-20(25)18-11-15(22)7-8-19(18)27-10-9-26-3/h4-8,11-12H,1,9-10,13H2,2-3H3,(H2,23,24,25,29). The van der Waals surface area contributed by atoms with Gasteiger partial charge in [-0.15, -0.1) is 0 Å². The normalized spacial score (nSPS) is 10.2. The molecule has 0 aromatic heterocycles. The molecule has 0 saturated carbocycles. The van der Waals surface area contributed by atoms with E-state index in [9.17, 15) is 4.79 Å². The fourth-order valence-electron chi connectivity index (χ4n) is 2.24. The number of thiocarbonyl (C=S) groups is 1. The molecule has 2 aromatic rings. The molecule has 0 radical (unpaired) electrons. The molecular weight excluding hydrogens is 456 g/mol. The van der Waals surface area contributed by atoms with Gasteiger partial charge < -0.3 is 19.5 Å². The van der Waals surface area contributed by atoms with E-state index in [1.54, 1.807) is 31.4 Å². The lowest BCUT2D eigenvalue weighted by Gasteiger charge is -2.14. The first-order valence-electron chi connectivity index (χ1n) is 8.80. The highest BCUT2D eigenvalue weighted by atomic mass is 79.9. The number of carbonyl (C=O) groups is 1. The van der Waals surface area contributed by atoms with E-state index in [0.717, 1.165) is 10.0 Å². The number of amides is 1. The molecule has 0 aliphatic heterocycles. The number of carbonyl (C=O) groups excluding carboxylic acids is 1. The molecular formula is C21H23BrN2O4S. The highest BCUT2D eigenvalue weighted by Crippen LogP contribution is 2.23. The highest BCUT2D eigenvalue weighted by Gasteiger charge is 2.15. The van der Waals surface area contributed by atoms with Crippen LogP contribution in [-0.4, -0.2) is 38.0 Å². The Morgan fingerprint density at radius 1 is 1.17 bits per heavy atom. The predicted octanol–water partition coefficient (Wildman–Crippen LogP) is 4.56. The molecule has 154 valence electrons. The van der Waals surface area contributed by atoms with Gasteiger partial charge in [0, 0.05) is 23.3 Å². The quantitative estimate of drug-likeness (QED) is 0.312. The Kier molecular flexibility index (Phi) is 9.11. The fraction of sp³-hybridized carbons (Fsp3) is 0.238. The molecule has 8 heteroatoms. The highest BCUT2D eigenvalue weighted by molar-refractivity contribution is 9.10. The second kappa shape index (κ2) is 11.5. The van der Waals surface area contributed by atoms with E-state index < -0.39 is 0 Å². The third-order valence-electron chi connectivity index (χ3n) is 3.54. The molecule has 0 aliphatic rings. The van der Waals surface area contributed by atoms with Gasteiger partial charge in [0.05, 0.1) is 12.2 Å². The zero-order valence-electron chi connectivity index (χ0n) is 16.3. The number of methoxy groups -OCH3 is 1.